The summed E-state index contributed by atoms with van der Waals surface area (Å²) < 4.78 is 5.11. The number of piperidine rings is 1. The van der Waals surface area contributed by atoms with Gasteiger partial charge in [-0.15, -0.1) is 0 Å². The first-order valence-electron chi connectivity index (χ1n) is 6.96. The minimum absolute atomic E-state index is 0.145. The summed E-state index contributed by atoms with van der Waals surface area (Å²) in [6.07, 6.45) is 5.10. The van der Waals surface area contributed by atoms with Crippen LogP contribution in [-0.4, -0.2) is 41.5 Å². The van der Waals surface area contributed by atoms with Crippen LogP contribution in [0.3, 0.4) is 0 Å². The minimum atomic E-state index is -1.000. The number of aromatic carboxylic acids is 1. The van der Waals surface area contributed by atoms with Gasteiger partial charge in [-0.2, -0.15) is 0 Å². The average molecular weight is 280 g/mol. The average Bonchev–Trinajstić information content (AvgIpc) is 2.93. The van der Waals surface area contributed by atoms with Gasteiger partial charge in [0, 0.05) is 26.1 Å². The van der Waals surface area contributed by atoms with Gasteiger partial charge in [-0.3, -0.25) is 4.79 Å². The van der Waals surface area contributed by atoms with Crippen molar-refractivity contribution >= 4 is 11.9 Å². The maximum atomic E-state index is 11.9. The van der Waals surface area contributed by atoms with E-state index < -0.39 is 5.97 Å². The first-order chi connectivity index (χ1) is 9.66. The van der Waals surface area contributed by atoms with Crippen molar-refractivity contribution in [1.82, 2.24) is 10.2 Å². The largest absolute Gasteiger partial charge is 0.478 e. The molecular weight excluding hydrogens is 260 g/mol. The molecule has 0 aromatic carbocycles. The van der Waals surface area contributed by atoms with Crippen molar-refractivity contribution in [2.75, 3.05) is 19.6 Å². The Morgan fingerprint density at radius 1 is 1.30 bits per heavy atom. The summed E-state index contributed by atoms with van der Waals surface area (Å²) in [5.41, 5.74) is 0.145. The Kier molecular flexibility index (Phi) is 5.17. The molecule has 0 saturated carbocycles. The molecule has 0 unspecified atom stereocenters. The molecule has 1 saturated heterocycles. The molecule has 1 aromatic heterocycles. The molecule has 6 nitrogen and oxygen atoms in total. The zero-order valence-electron chi connectivity index (χ0n) is 11.4. The molecule has 2 N–H and O–H groups in total. The van der Waals surface area contributed by atoms with Crippen molar-refractivity contribution in [3.63, 3.8) is 0 Å². The SMILES string of the molecule is O=C(O)c1coc(CNCCC(=O)N2CCCCC2)c1. The molecule has 1 aromatic rings. The first-order valence-corrected chi connectivity index (χ1v) is 6.96. The summed E-state index contributed by atoms with van der Waals surface area (Å²) in [6.45, 7) is 2.75. The van der Waals surface area contributed by atoms with Crippen LogP contribution in [0.5, 0.6) is 0 Å². The van der Waals surface area contributed by atoms with Gasteiger partial charge in [-0.05, 0) is 25.3 Å². The smallest absolute Gasteiger partial charge is 0.338 e. The zero-order chi connectivity index (χ0) is 14.4. The fraction of sp³-hybridized carbons (Fsp3) is 0.571. The molecule has 1 aliphatic rings. The van der Waals surface area contributed by atoms with E-state index in [-0.39, 0.29) is 11.5 Å². The van der Waals surface area contributed by atoms with Crippen LogP contribution in [0.2, 0.25) is 0 Å². The number of carbonyl (C=O) groups excluding carboxylic acids is 1. The lowest BCUT2D eigenvalue weighted by Gasteiger charge is -2.26. The molecule has 0 radical (unpaired) electrons. The highest BCUT2D eigenvalue weighted by Crippen LogP contribution is 2.10. The van der Waals surface area contributed by atoms with E-state index in [9.17, 15) is 9.59 Å². The van der Waals surface area contributed by atoms with Gasteiger partial charge < -0.3 is 19.7 Å². The van der Waals surface area contributed by atoms with E-state index in [4.69, 9.17) is 9.52 Å². The standard InChI is InChI=1S/C14H20N2O4/c17-13(16-6-2-1-3-7-16)4-5-15-9-12-8-11(10-20-12)14(18)19/h8,10,15H,1-7,9H2,(H,18,19). The number of carbonyl (C=O) groups is 2. The lowest BCUT2D eigenvalue weighted by molar-refractivity contribution is -0.131. The second-order valence-electron chi connectivity index (χ2n) is 4.98. The van der Waals surface area contributed by atoms with Crippen molar-refractivity contribution in [2.24, 2.45) is 0 Å². The maximum Gasteiger partial charge on any atom is 0.338 e. The first kappa shape index (κ1) is 14.6. The molecule has 20 heavy (non-hydrogen) atoms. The molecule has 0 atom stereocenters. The Labute approximate surface area is 117 Å². The number of nitrogens with zero attached hydrogens (tertiary/aromatic N) is 1. The molecule has 6 heteroatoms. The number of carboxylic acids is 1. The molecule has 110 valence electrons. The van der Waals surface area contributed by atoms with Crippen molar-refractivity contribution in [3.05, 3.63) is 23.7 Å². The topological polar surface area (TPSA) is 82.8 Å². The van der Waals surface area contributed by atoms with Gasteiger partial charge in [0.15, 0.2) is 0 Å². The van der Waals surface area contributed by atoms with Gasteiger partial charge >= 0.3 is 5.97 Å². The molecular formula is C14H20N2O4. The number of amides is 1. The normalized spacial score (nSPS) is 15.3. The summed E-state index contributed by atoms with van der Waals surface area (Å²) in [5, 5.41) is 11.8. The van der Waals surface area contributed by atoms with Gasteiger partial charge in [0.25, 0.3) is 0 Å². The Balaban J connectivity index is 1.65. The van der Waals surface area contributed by atoms with Crippen LogP contribution in [0.1, 0.15) is 41.8 Å². The zero-order valence-corrected chi connectivity index (χ0v) is 11.4. The van der Waals surface area contributed by atoms with E-state index in [1.807, 2.05) is 4.90 Å². The van der Waals surface area contributed by atoms with Crippen LogP contribution < -0.4 is 5.32 Å². The number of hydrogen-bond donors (Lipinski definition) is 2. The van der Waals surface area contributed by atoms with Gasteiger partial charge in [-0.25, -0.2) is 4.79 Å². The highest BCUT2D eigenvalue weighted by Gasteiger charge is 2.15. The molecule has 0 aliphatic carbocycles. The van der Waals surface area contributed by atoms with Gasteiger partial charge in [0.05, 0.1) is 12.1 Å². The molecule has 0 spiro atoms. The number of furan rings is 1. The fourth-order valence-electron chi connectivity index (χ4n) is 2.29. The third-order valence-corrected chi connectivity index (χ3v) is 3.42. The third kappa shape index (κ3) is 4.09. The quantitative estimate of drug-likeness (QED) is 0.771. The van der Waals surface area contributed by atoms with Crippen LogP contribution in [0, 0.1) is 0 Å². The van der Waals surface area contributed by atoms with Gasteiger partial charge in [0.1, 0.15) is 12.0 Å². The van der Waals surface area contributed by atoms with E-state index in [0.717, 1.165) is 25.9 Å². The number of rotatable bonds is 6. The summed E-state index contributed by atoms with van der Waals surface area (Å²) in [4.78, 5) is 24.5. The molecule has 2 heterocycles. The second-order valence-corrected chi connectivity index (χ2v) is 4.98. The summed E-state index contributed by atoms with van der Waals surface area (Å²) in [6, 6.07) is 1.49. The predicted octanol–water partition coefficient (Wildman–Crippen LogP) is 1.47. The predicted molar refractivity (Wildman–Crippen MR) is 72.4 cm³/mol. The van der Waals surface area contributed by atoms with Crippen molar-refractivity contribution in [2.45, 2.75) is 32.2 Å². The minimum Gasteiger partial charge on any atom is -0.478 e. The van der Waals surface area contributed by atoms with Crippen molar-refractivity contribution < 1.29 is 19.1 Å². The van der Waals surface area contributed by atoms with Crippen LogP contribution in [0.15, 0.2) is 16.7 Å². The highest BCUT2D eigenvalue weighted by atomic mass is 16.4. The lowest BCUT2D eigenvalue weighted by Crippen LogP contribution is -2.37. The Morgan fingerprint density at radius 3 is 2.70 bits per heavy atom. The summed E-state index contributed by atoms with van der Waals surface area (Å²) in [5.74, 6) is -0.254. The number of likely N-dealkylation sites (tertiary alicyclic amines) is 1. The Bertz CT molecular complexity index is 463. The second kappa shape index (κ2) is 7.09. The molecule has 1 aliphatic heterocycles. The Morgan fingerprint density at radius 2 is 2.05 bits per heavy atom. The van der Waals surface area contributed by atoms with Crippen LogP contribution in [0.25, 0.3) is 0 Å². The Hall–Kier alpha value is -1.82. The van der Waals surface area contributed by atoms with E-state index in [1.54, 1.807) is 0 Å². The number of carboxylic acid groups (broad SMARTS) is 1. The summed E-state index contributed by atoms with van der Waals surface area (Å²) in [7, 11) is 0. The monoisotopic (exact) mass is 280 g/mol. The molecule has 0 bridgehead atoms. The molecule has 1 amide bonds. The van der Waals surface area contributed by atoms with Crippen LogP contribution in [0.4, 0.5) is 0 Å². The van der Waals surface area contributed by atoms with Gasteiger partial charge in [-0.1, -0.05) is 0 Å². The van der Waals surface area contributed by atoms with Gasteiger partial charge in [0.2, 0.25) is 5.91 Å². The highest BCUT2D eigenvalue weighted by molar-refractivity contribution is 5.87. The fourth-order valence-corrected chi connectivity index (χ4v) is 2.29. The van der Waals surface area contributed by atoms with Crippen LogP contribution >= 0.6 is 0 Å². The number of nitrogens with one attached hydrogen (secondary N) is 1. The maximum absolute atomic E-state index is 11.9. The number of hydrogen-bond acceptors (Lipinski definition) is 4. The van der Waals surface area contributed by atoms with Crippen molar-refractivity contribution in [1.29, 1.82) is 0 Å². The lowest BCUT2D eigenvalue weighted by atomic mass is 10.1. The van der Waals surface area contributed by atoms with Crippen LogP contribution in [-0.2, 0) is 11.3 Å². The molecule has 2 rings (SSSR count). The van der Waals surface area contributed by atoms with Crippen molar-refractivity contribution in [3.8, 4) is 0 Å². The molecule has 1 fully saturated rings. The van der Waals surface area contributed by atoms with E-state index >= 15 is 0 Å². The van der Waals surface area contributed by atoms with E-state index in [0.29, 0.717) is 25.3 Å². The van der Waals surface area contributed by atoms with E-state index in [1.165, 1.54) is 18.8 Å². The van der Waals surface area contributed by atoms with E-state index in [2.05, 4.69) is 5.32 Å². The summed E-state index contributed by atoms with van der Waals surface area (Å²) >= 11 is 0. The third-order valence-electron chi connectivity index (χ3n) is 3.42.